The predicted octanol–water partition coefficient (Wildman–Crippen LogP) is 7.58. The molecule has 0 unspecified atom stereocenters. The number of hydrogen-bond donors (Lipinski definition) is 5. The molecule has 4 fully saturated rings. The van der Waals surface area contributed by atoms with Crippen molar-refractivity contribution in [2.45, 2.75) is 71.4 Å². The Hall–Kier alpha value is -7.42. The van der Waals surface area contributed by atoms with Crippen molar-refractivity contribution in [2.24, 2.45) is 11.8 Å². The van der Waals surface area contributed by atoms with E-state index in [-0.39, 0.29) is 41.1 Å². The molecule has 402 valence electrons. The number of thiol groups is 1. The quantitative estimate of drug-likeness (QED) is 0.0630. The molecule has 0 bridgehead atoms. The summed E-state index contributed by atoms with van der Waals surface area (Å²) in [6.07, 6.45) is 7.70. The van der Waals surface area contributed by atoms with Gasteiger partial charge in [0.05, 0.1) is 35.3 Å². The summed E-state index contributed by atoms with van der Waals surface area (Å²) in [4.78, 5) is 61.0. The van der Waals surface area contributed by atoms with E-state index in [0.717, 1.165) is 115 Å². The summed E-state index contributed by atoms with van der Waals surface area (Å²) in [5.74, 6) is 2.22. The minimum Gasteiger partial charge on any atom is -0.508 e. The van der Waals surface area contributed by atoms with E-state index in [1.807, 2.05) is 56.3 Å². The van der Waals surface area contributed by atoms with E-state index in [0.29, 0.717) is 87.6 Å². The molecule has 5 aliphatic rings. The molecule has 19 nitrogen and oxygen atoms in total. The van der Waals surface area contributed by atoms with E-state index in [9.17, 15) is 24.6 Å². The van der Waals surface area contributed by atoms with Gasteiger partial charge in [-0.15, -0.1) is 10.2 Å². The van der Waals surface area contributed by atoms with Gasteiger partial charge in [0.25, 0.3) is 11.8 Å². The van der Waals surface area contributed by atoms with Gasteiger partial charge in [-0.3, -0.25) is 28.2 Å². The summed E-state index contributed by atoms with van der Waals surface area (Å²) in [5.41, 5.74) is 6.36. The zero-order valence-electron chi connectivity index (χ0n) is 43.9. The number of hydrogen-bond acceptors (Lipinski definition) is 16. The molecule has 0 atom stereocenters. The van der Waals surface area contributed by atoms with Crippen LogP contribution in [0, 0.1) is 11.8 Å². The fourth-order valence-electron chi connectivity index (χ4n) is 11.2. The van der Waals surface area contributed by atoms with Crippen molar-refractivity contribution < 1.29 is 29.3 Å². The normalized spacial score (nSPS) is 17.7. The van der Waals surface area contributed by atoms with Gasteiger partial charge in [-0.2, -0.15) is 4.98 Å². The number of aromatic nitrogens is 5. The third-order valence-electron chi connectivity index (χ3n) is 15.8. The average Bonchev–Trinajstić information content (AvgIpc) is 4.19. The van der Waals surface area contributed by atoms with Crippen LogP contribution in [0.3, 0.4) is 0 Å². The maximum Gasteiger partial charge on any atom is 0.289 e. The van der Waals surface area contributed by atoms with Crippen LogP contribution in [0.5, 0.6) is 17.2 Å². The number of nitrogens with one attached hydrogen (secondary N) is 2. The molecular weight excluding hydrogens is 995 g/mol. The van der Waals surface area contributed by atoms with Gasteiger partial charge < -0.3 is 45.2 Å². The number of aromatic hydroxyl groups is 2. The van der Waals surface area contributed by atoms with Crippen LogP contribution in [0.15, 0.2) is 85.1 Å². The number of anilines is 6. The van der Waals surface area contributed by atoms with Crippen LogP contribution >= 0.6 is 12.8 Å². The second-order valence-corrected chi connectivity index (χ2v) is 21.3. The second-order valence-electron chi connectivity index (χ2n) is 20.9. The molecule has 4 N–H and O–H groups in total. The van der Waals surface area contributed by atoms with E-state index in [4.69, 9.17) is 22.5 Å². The van der Waals surface area contributed by atoms with Crippen LogP contribution in [-0.4, -0.2) is 146 Å². The van der Waals surface area contributed by atoms with Crippen molar-refractivity contribution in [1.29, 1.82) is 0 Å². The van der Waals surface area contributed by atoms with Crippen molar-refractivity contribution in [3.63, 3.8) is 0 Å². The standard InChI is InChI=1S/C57H67N13O6S/c1-4-38-30-44(49(72)32-48(38)71)51-62-63-53(54(73)59-40-12-13-40)69(51)41-14-10-36(11-15-41)34-65-26-28-66(29-27-65)35-37-18-22-68(23-19-37)55(74)39-20-24-67(25-21-39)42-16-17-45(50(31-42)76-5-2)60-57-58-33-47-52(61-57)70(77)46-9-7-6-8-43(46)56(75)64(47)3/h6-11,14-17,30-33,37,39-40,71-72,77H,4-5,12-13,18-29,34-35H2,1-3H3,(H,59,73)(H,58,60,61). The Morgan fingerprint density at radius 3 is 2.23 bits per heavy atom. The highest BCUT2D eigenvalue weighted by Crippen LogP contribution is 2.42. The Labute approximate surface area is 454 Å². The number of fused-ring (bicyclic) bond motifs is 2. The number of phenols is 2. The SMILES string of the molecule is CCOc1cc(N2CCC(C(=O)N3CCC(CN4CCN(Cc5ccc(-n6c(C(=O)NC7CC7)nnc6-c6cc(CC)c(O)cc6O)cc5)CC4)CC3)CC2)ccc1Nc1ncc2c(n1)N(S)c1ccccc1C(=O)N2C. The number of para-hydroxylation sites is 1. The highest BCUT2D eigenvalue weighted by atomic mass is 32.1. The first-order valence-corrected chi connectivity index (χ1v) is 27.5. The zero-order chi connectivity index (χ0) is 53.3. The number of aryl methyl sites for hydroxylation is 1. The highest BCUT2D eigenvalue weighted by molar-refractivity contribution is 7.82. The number of carbonyl (C=O) groups excluding carboxylic acids is 3. The Kier molecular flexibility index (Phi) is 14.9. The highest BCUT2D eigenvalue weighted by Gasteiger charge is 2.34. The molecule has 77 heavy (non-hydrogen) atoms. The second kappa shape index (κ2) is 22.3. The van der Waals surface area contributed by atoms with Crippen molar-refractivity contribution in [1.82, 2.24) is 44.7 Å². The van der Waals surface area contributed by atoms with Gasteiger partial charge in [0, 0.05) is 108 Å². The number of nitrogens with zero attached hydrogens (tertiary/aromatic N) is 11. The van der Waals surface area contributed by atoms with E-state index in [2.05, 4.69) is 63.6 Å². The summed E-state index contributed by atoms with van der Waals surface area (Å²) in [6.45, 7) is 13.3. The number of piperazine rings is 1. The van der Waals surface area contributed by atoms with Crippen LogP contribution in [0.4, 0.5) is 34.5 Å². The lowest BCUT2D eigenvalue weighted by Gasteiger charge is -2.40. The first-order valence-electron chi connectivity index (χ1n) is 27.1. The first kappa shape index (κ1) is 51.7. The Balaban J connectivity index is 0.639. The largest absolute Gasteiger partial charge is 0.508 e. The van der Waals surface area contributed by atoms with Crippen molar-refractivity contribution in [3.05, 3.63) is 108 Å². The predicted molar refractivity (Wildman–Crippen MR) is 299 cm³/mol. The number of phenolic OH excluding ortho intramolecular Hbond substituents is 2. The van der Waals surface area contributed by atoms with Crippen LogP contribution in [0.2, 0.25) is 0 Å². The van der Waals surface area contributed by atoms with Crippen molar-refractivity contribution >= 4 is 65.1 Å². The Bertz CT molecular complexity index is 3150. The summed E-state index contributed by atoms with van der Waals surface area (Å²) < 4.78 is 9.44. The summed E-state index contributed by atoms with van der Waals surface area (Å²) in [6, 6.07) is 24.6. The van der Waals surface area contributed by atoms with Gasteiger partial charge in [0.2, 0.25) is 17.7 Å². The number of rotatable bonds is 15. The van der Waals surface area contributed by atoms with E-state index < -0.39 is 0 Å². The van der Waals surface area contributed by atoms with Gasteiger partial charge in [0.1, 0.15) is 22.9 Å². The molecule has 1 aliphatic carbocycles. The fourth-order valence-corrected chi connectivity index (χ4v) is 11.5. The Morgan fingerprint density at radius 2 is 1.51 bits per heavy atom. The van der Waals surface area contributed by atoms with Crippen LogP contribution in [0.25, 0.3) is 17.1 Å². The lowest BCUT2D eigenvalue weighted by Crippen LogP contribution is -2.49. The number of amides is 3. The molecule has 0 radical (unpaired) electrons. The summed E-state index contributed by atoms with van der Waals surface area (Å²) >= 11 is 4.75. The molecule has 0 spiro atoms. The van der Waals surface area contributed by atoms with Gasteiger partial charge in [-0.25, -0.2) is 4.98 Å². The van der Waals surface area contributed by atoms with Crippen LogP contribution in [-0.2, 0) is 17.8 Å². The molecule has 4 aromatic carbocycles. The van der Waals surface area contributed by atoms with Gasteiger partial charge in [0.15, 0.2) is 11.6 Å². The number of ether oxygens (including phenoxy) is 1. The summed E-state index contributed by atoms with van der Waals surface area (Å²) in [7, 11) is 1.71. The Morgan fingerprint density at radius 1 is 0.779 bits per heavy atom. The monoisotopic (exact) mass is 1060 g/mol. The maximum absolute atomic E-state index is 13.9. The van der Waals surface area contributed by atoms with Gasteiger partial charge in [-0.1, -0.05) is 44.0 Å². The molecule has 20 heteroatoms. The van der Waals surface area contributed by atoms with E-state index in [1.165, 1.54) is 11.0 Å². The van der Waals surface area contributed by atoms with Gasteiger partial charge >= 0.3 is 0 Å². The topological polar surface area (TPSA) is 201 Å². The summed E-state index contributed by atoms with van der Waals surface area (Å²) in [5, 5.41) is 36.3. The van der Waals surface area contributed by atoms with E-state index in [1.54, 1.807) is 34.2 Å². The number of piperidine rings is 2. The lowest BCUT2D eigenvalue weighted by atomic mass is 9.91. The average molecular weight is 1060 g/mol. The number of benzene rings is 4. The fraction of sp³-hybridized carbons (Fsp3) is 0.421. The molecule has 4 aliphatic heterocycles. The van der Waals surface area contributed by atoms with Crippen LogP contribution in [0.1, 0.15) is 84.5 Å². The number of carbonyl (C=O) groups is 3. The van der Waals surface area contributed by atoms with Crippen molar-refractivity contribution in [3.8, 4) is 34.3 Å². The molecular formula is C57H67N13O6S. The zero-order valence-corrected chi connectivity index (χ0v) is 44.8. The molecule has 3 amide bonds. The third-order valence-corrected chi connectivity index (χ3v) is 16.2. The van der Waals surface area contributed by atoms with E-state index >= 15 is 0 Å². The van der Waals surface area contributed by atoms with Gasteiger partial charge in [-0.05, 0) is 111 Å². The minimum absolute atomic E-state index is 0.00766. The van der Waals surface area contributed by atoms with Crippen LogP contribution < -0.4 is 29.5 Å². The molecule has 11 rings (SSSR count). The minimum atomic E-state index is -0.314. The smallest absolute Gasteiger partial charge is 0.289 e. The molecule has 3 saturated heterocycles. The van der Waals surface area contributed by atoms with Crippen molar-refractivity contribution in [2.75, 3.05) is 92.0 Å². The molecule has 2 aromatic heterocycles. The third kappa shape index (κ3) is 11.0. The molecule has 6 aromatic rings. The molecule has 1 saturated carbocycles. The molecule has 6 heterocycles. The number of likely N-dealkylation sites (tertiary alicyclic amines) is 1. The maximum atomic E-state index is 13.9. The lowest BCUT2D eigenvalue weighted by molar-refractivity contribution is -0.137. The first-order chi connectivity index (χ1) is 37.4.